The van der Waals surface area contributed by atoms with Crippen molar-refractivity contribution in [2.45, 2.75) is 29.4 Å². The van der Waals surface area contributed by atoms with Gasteiger partial charge in [-0.2, -0.15) is 0 Å². The van der Waals surface area contributed by atoms with Crippen molar-refractivity contribution in [1.82, 2.24) is 4.90 Å². The van der Waals surface area contributed by atoms with E-state index in [2.05, 4.69) is 4.90 Å². The summed E-state index contributed by atoms with van der Waals surface area (Å²) in [7, 11) is 0. The third-order valence-corrected chi connectivity index (χ3v) is 7.46. The summed E-state index contributed by atoms with van der Waals surface area (Å²) in [5, 5.41) is 20.7. The lowest BCUT2D eigenvalue weighted by atomic mass is 9.96. The molecule has 172 valence electrons. The van der Waals surface area contributed by atoms with E-state index in [-0.39, 0.29) is 16.7 Å². The van der Waals surface area contributed by atoms with E-state index in [1.807, 2.05) is 36.4 Å². The predicted molar refractivity (Wildman–Crippen MR) is 132 cm³/mol. The number of ether oxygens (including phenoxy) is 2. The van der Waals surface area contributed by atoms with Gasteiger partial charge in [-0.05, 0) is 79.9 Å². The molecule has 0 aromatic heterocycles. The molecule has 2 aliphatic rings. The van der Waals surface area contributed by atoms with Gasteiger partial charge in [0, 0.05) is 12.1 Å². The highest BCUT2D eigenvalue weighted by Crippen LogP contribution is 2.49. The number of thioether (sulfide) groups is 1. The molecule has 0 unspecified atom stereocenters. The first-order chi connectivity index (χ1) is 16.2. The zero-order chi connectivity index (χ0) is 22.6. The van der Waals surface area contributed by atoms with Gasteiger partial charge < -0.3 is 24.6 Å². The number of aromatic hydroxyl groups is 2. The first kappa shape index (κ1) is 22.0. The van der Waals surface area contributed by atoms with E-state index in [1.165, 1.54) is 25.9 Å². The molecular formula is C27H29NO4S. The summed E-state index contributed by atoms with van der Waals surface area (Å²) in [6, 6.07) is 18.7. The molecule has 3 aromatic carbocycles. The fraction of sp³-hybridized carbons (Fsp3) is 0.333. The van der Waals surface area contributed by atoms with Gasteiger partial charge in [-0.15, -0.1) is 11.8 Å². The Morgan fingerprint density at radius 2 is 1.85 bits per heavy atom. The van der Waals surface area contributed by atoms with Crippen LogP contribution in [0.3, 0.4) is 0 Å². The molecule has 0 radical (unpaired) electrons. The molecule has 3 aromatic rings. The standard InChI is InChI=1S/C27H29NO4S/c29-20-10-11-24-25(17-20)33-26(18-32-24)22-8-4-9-23(30)27(22)19-6-3-7-21(16-19)31-15-5-14-28-12-1-2-13-28/h3-4,6-11,16-17,26,29-30H,1-2,5,12-15,18H2/t26-/m0/s1. The second-order valence-corrected chi connectivity index (χ2v) is 9.81. The van der Waals surface area contributed by atoms with Crippen molar-refractivity contribution >= 4 is 11.8 Å². The molecule has 2 heterocycles. The second-order valence-electron chi connectivity index (χ2n) is 8.57. The van der Waals surface area contributed by atoms with Crippen LogP contribution in [0, 0.1) is 0 Å². The molecule has 0 aliphatic carbocycles. The van der Waals surface area contributed by atoms with E-state index < -0.39 is 0 Å². The Morgan fingerprint density at radius 3 is 2.73 bits per heavy atom. The van der Waals surface area contributed by atoms with E-state index in [1.54, 1.807) is 36.0 Å². The Balaban J connectivity index is 1.34. The van der Waals surface area contributed by atoms with Crippen LogP contribution in [-0.4, -0.2) is 48.0 Å². The van der Waals surface area contributed by atoms with Gasteiger partial charge in [-0.1, -0.05) is 24.3 Å². The van der Waals surface area contributed by atoms with Gasteiger partial charge in [0.15, 0.2) is 0 Å². The lowest BCUT2D eigenvalue weighted by Gasteiger charge is -2.27. The van der Waals surface area contributed by atoms with Crippen LogP contribution in [0.1, 0.15) is 30.1 Å². The SMILES string of the molecule is Oc1ccc2c(c1)S[C@H](c1cccc(O)c1-c1cccc(OCCCN3CCCC3)c1)CO2. The second kappa shape index (κ2) is 9.98. The van der Waals surface area contributed by atoms with Crippen molar-refractivity contribution in [2.75, 3.05) is 32.8 Å². The van der Waals surface area contributed by atoms with Crippen molar-refractivity contribution in [1.29, 1.82) is 0 Å². The number of fused-ring (bicyclic) bond motifs is 1. The predicted octanol–water partition coefficient (Wildman–Crippen LogP) is 5.86. The summed E-state index contributed by atoms with van der Waals surface area (Å²) in [5.74, 6) is 2.04. The van der Waals surface area contributed by atoms with Crippen molar-refractivity contribution in [3.63, 3.8) is 0 Å². The lowest BCUT2D eigenvalue weighted by molar-refractivity contribution is 0.263. The fourth-order valence-corrected chi connectivity index (χ4v) is 5.78. The van der Waals surface area contributed by atoms with Crippen molar-refractivity contribution in [3.8, 4) is 34.1 Å². The Hall–Kier alpha value is -2.83. The van der Waals surface area contributed by atoms with Crippen LogP contribution >= 0.6 is 11.8 Å². The van der Waals surface area contributed by atoms with Crippen LogP contribution in [0.2, 0.25) is 0 Å². The van der Waals surface area contributed by atoms with Crippen molar-refractivity contribution in [3.05, 3.63) is 66.2 Å². The van der Waals surface area contributed by atoms with Gasteiger partial charge in [0.2, 0.25) is 0 Å². The highest BCUT2D eigenvalue weighted by Gasteiger charge is 2.26. The van der Waals surface area contributed by atoms with Crippen molar-refractivity contribution < 1.29 is 19.7 Å². The molecular weight excluding hydrogens is 434 g/mol. The maximum atomic E-state index is 10.8. The van der Waals surface area contributed by atoms with Gasteiger partial charge in [0.25, 0.3) is 0 Å². The monoisotopic (exact) mass is 463 g/mol. The van der Waals surface area contributed by atoms with Gasteiger partial charge in [0.05, 0.1) is 16.8 Å². The average molecular weight is 464 g/mol. The third kappa shape index (κ3) is 5.07. The molecule has 0 bridgehead atoms. The number of phenolic OH excluding ortho intramolecular Hbond substituents is 2. The Morgan fingerprint density at radius 1 is 1.00 bits per heavy atom. The molecule has 0 saturated carbocycles. The molecule has 33 heavy (non-hydrogen) atoms. The summed E-state index contributed by atoms with van der Waals surface area (Å²) in [6.45, 7) is 4.67. The number of hydrogen-bond acceptors (Lipinski definition) is 6. The minimum absolute atomic E-state index is 0.00793. The summed E-state index contributed by atoms with van der Waals surface area (Å²) >= 11 is 1.64. The third-order valence-electron chi connectivity index (χ3n) is 6.22. The van der Waals surface area contributed by atoms with Crippen molar-refractivity contribution in [2.24, 2.45) is 0 Å². The minimum atomic E-state index is -0.00793. The first-order valence-electron chi connectivity index (χ1n) is 11.6. The first-order valence-corrected chi connectivity index (χ1v) is 12.5. The highest BCUT2D eigenvalue weighted by atomic mass is 32.2. The number of nitrogens with zero attached hydrogens (tertiary/aromatic N) is 1. The molecule has 5 nitrogen and oxygen atoms in total. The van der Waals surface area contributed by atoms with E-state index in [4.69, 9.17) is 9.47 Å². The largest absolute Gasteiger partial charge is 0.508 e. The Kier molecular flexibility index (Phi) is 6.65. The summed E-state index contributed by atoms with van der Waals surface area (Å²) in [4.78, 5) is 3.39. The number of phenols is 2. The number of rotatable bonds is 7. The smallest absolute Gasteiger partial charge is 0.133 e. The molecule has 1 atom stereocenters. The number of hydrogen-bond donors (Lipinski definition) is 2. The topological polar surface area (TPSA) is 62.2 Å². The van der Waals surface area contributed by atoms with Crippen LogP contribution < -0.4 is 9.47 Å². The Labute approximate surface area is 199 Å². The molecule has 1 saturated heterocycles. The van der Waals surface area contributed by atoms with Crippen LogP contribution in [0.4, 0.5) is 0 Å². The normalized spacial score (nSPS) is 18.0. The van der Waals surface area contributed by atoms with Crippen LogP contribution in [0.5, 0.6) is 23.0 Å². The Bertz CT molecular complexity index is 1110. The van der Waals surface area contributed by atoms with Gasteiger partial charge in [-0.25, -0.2) is 0 Å². The van der Waals surface area contributed by atoms with Gasteiger partial charge in [0.1, 0.15) is 29.6 Å². The summed E-state index contributed by atoms with van der Waals surface area (Å²) in [6.07, 6.45) is 3.63. The van der Waals surface area contributed by atoms with Crippen LogP contribution in [0.25, 0.3) is 11.1 Å². The molecule has 6 heteroatoms. The maximum Gasteiger partial charge on any atom is 0.133 e. The fourth-order valence-electron chi connectivity index (χ4n) is 4.58. The molecule has 0 spiro atoms. The number of benzene rings is 3. The molecule has 1 fully saturated rings. The molecule has 5 rings (SSSR count). The van der Waals surface area contributed by atoms with Gasteiger partial charge >= 0.3 is 0 Å². The van der Waals surface area contributed by atoms with E-state index in [0.29, 0.717) is 13.2 Å². The average Bonchev–Trinajstić information content (AvgIpc) is 3.35. The maximum absolute atomic E-state index is 10.8. The minimum Gasteiger partial charge on any atom is -0.508 e. The summed E-state index contributed by atoms with van der Waals surface area (Å²) in [5.41, 5.74) is 2.72. The zero-order valence-electron chi connectivity index (χ0n) is 18.6. The molecule has 2 aliphatic heterocycles. The van der Waals surface area contributed by atoms with E-state index >= 15 is 0 Å². The molecule has 2 N–H and O–H groups in total. The van der Waals surface area contributed by atoms with Crippen LogP contribution in [-0.2, 0) is 0 Å². The molecule has 0 amide bonds. The number of likely N-dealkylation sites (tertiary alicyclic amines) is 1. The summed E-state index contributed by atoms with van der Waals surface area (Å²) < 4.78 is 12.0. The zero-order valence-corrected chi connectivity index (χ0v) is 19.4. The highest BCUT2D eigenvalue weighted by molar-refractivity contribution is 7.99. The van der Waals surface area contributed by atoms with Gasteiger partial charge in [-0.3, -0.25) is 0 Å². The lowest BCUT2D eigenvalue weighted by Crippen LogP contribution is -2.21. The van der Waals surface area contributed by atoms with Crippen LogP contribution in [0.15, 0.2) is 65.6 Å². The quantitative estimate of drug-likeness (QED) is 0.428. The van der Waals surface area contributed by atoms with E-state index in [0.717, 1.165) is 46.1 Å². The van der Waals surface area contributed by atoms with E-state index in [9.17, 15) is 10.2 Å².